The maximum Gasteiger partial charge on any atom is 0.206 e. The third-order valence-electron chi connectivity index (χ3n) is 5.78. The number of hydrogen-bond donors (Lipinski definition) is 0. The molecule has 0 atom stereocenters. The molecule has 0 aliphatic heterocycles. The summed E-state index contributed by atoms with van der Waals surface area (Å²) in [6.07, 6.45) is 13.3. The minimum Gasteiger partial charge on any atom is -0.327 e. The fraction of sp³-hybridized carbons (Fsp3) is 0.500. The molecular formula is C24H31O2P. The van der Waals surface area contributed by atoms with Crippen LogP contribution in [0.1, 0.15) is 64.2 Å². The quantitative estimate of drug-likeness (QED) is 0.501. The third-order valence-corrected chi connectivity index (χ3v) is 7.54. The van der Waals surface area contributed by atoms with E-state index in [1.807, 2.05) is 0 Å². The summed E-state index contributed by atoms with van der Waals surface area (Å²) in [5, 5.41) is 1.25. The molecule has 0 aromatic heterocycles. The van der Waals surface area contributed by atoms with Gasteiger partial charge in [-0.2, -0.15) is 0 Å². The Balaban J connectivity index is 1.61. The van der Waals surface area contributed by atoms with E-state index in [9.17, 15) is 0 Å². The molecule has 0 unspecified atom stereocenters. The fourth-order valence-electron chi connectivity index (χ4n) is 4.24. The molecule has 2 nitrogen and oxygen atoms in total. The smallest absolute Gasteiger partial charge is 0.206 e. The molecule has 2 aliphatic rings. The summed E-state index contributed by atoms with van der Waals surface area (Å²) in [7, 11) is -1.05. The van der Waals surface area contributed by atoms with Crippen LogP contribution in [-0.4, -0.2) is 12.2 Å². The first-order valence-corrected chi connectivity index (χ1v) is 11.9. The van der Waals surface area contributed by atoms with Gasteiger partial charge in [0.2, 0.25) is 8.38 Å². The summed E-state index contributed by atoms with van der Waals surface area (Å²) in [5.74, 6) is 0. The lowest BCUT2D eigenvalue weighted by Gasteiger charge is -2.32. The van der Waals surface area contributed by atoms with Gasteiger partial charge >= 0.3 is 0 Å². The molecule has 2 saturated carbocycles. The van der Waals surface area contributed by atoms with Gasteiger partial charge in [-0.3, -0.25) is 0 Å². The van der Waals surface area contributed by atoms with Crippen molar-refractivity contribution in [1.82, 2.24) is 0 Å². The number of benzene rings is 2. The molecule has 0 heterocycles. The molecule has 27 heavy (non-hydrogen) atoms. The second-order valence-electron chi connectivity index (χ2n) is 7.87. The van der Waals surface area contributed by atoms with E-state index in [1.165, 1.54) is 80.6 Å². The monoisotopic (exact) mass is 382 g/mol. The minimum absolute atomic E-state index is 0.359. The Kier molecular flexibility index (Phi) is 6.96. The first-order chi connectivity index (χ1) is 13.4. The summed E-state index contributed by atoms with van der Waals surface area (Å²) >= 11 is 0. The van der Waals surface area contributed by atoms with Crippen molar-refractivity contribution in [2.45, 2.75) is 76.4 Å². The highest BCUT2D eigenvalue weighted by molar-refractivity contribution is 7.56. The molecule has 0 N–H and O–H groups in total. The molecule has 2 aliphatic carbocycles. The predicted molar refractivity (Wildman–Crippen MR) is 114 cm³/mol. The Morgan fingerprint density at radius 3 is 1.70 bits per heavy atom. The highest BCUT2D eigenvalue weighted by Gasteiger charge is 2.28. The third kappa shape index (κ3) is 5.19. The van der Waals surface area contributed by atoms with E-state index >= 15 is 0 Å². The summed E-state index contributed by atoms with van der Waals surface area (Å²) in [5.41, 5.74) is 2.51. The van der Waals surface area contributed by atoms with E-state index in [2.05, 4.69) is 54.6 Å². The molecule has 0 amide bonds. The van der Waals surface area contributed by atoms with Crippen LogP contribution in [0.2, 0.25) is 0 Å². The van der Waals surface area contributed by atoms with Crippen LogP contribution in [0, 0.1) is 0 Å². The van der Waals surface area contributed by atoms with E-state index in [-0.39, 0.29) is 0 Å². The molecule has 0 saturated heterocycles. The van der Waals surface area contributed by atoms with Crippen molar-refractivity contribution in [3.63, 3.8) is 0 Å². The van der Waals surface area contributed by atoms with Crippen LogP contribution >= 0.6 is 8.38 Å². The topological polar surface area (TPSA) is 18.5 Å². The first-order valence-electron chi connectivity index (χ1n) is 10.7. The van der Waals surface area contributed by atoms with Gasteiger partial charge in [0.05, 0.1) is 12.2 Å². The molecule has 0 spiro atoms. The lowest BCUT2D eigenvalue weighted by molar-refractivity contribution is 0.107. The molecule has 0 bridgehead atoms. The molecular weight excluding hydrogens is 351 g/mol. The molecule has 4 rings (SSSR count). The van der Waals surface area contributed by atoms with Gasteiger partial charge in [0.1, 0.15) is 0 Å². The van der Waals surface area contributed by atoms with Crippen molar-refractivity contribution >= 4 is 13.7 Å². The van der Waals surface area contributed by atoms with Crippen LogP contribution in [0.5, 0.6) is 0 Å². The average Bonchev–Trinajstić information content (AvgIpc) is 2.75. The Morgan fingerprint density at radius 2 is 1.11 bits per heavy atom. The van der Waals surface area contributed by atoms with E-state index in [0.717, 1.165) is 0 Å². The first kappa shape index (κ1) is 19.1. The SMILES string of the molecule is c1ccc(-c2ccccc2P(OC2CCCCC2)OC2CCCCC2)cc1. The van der Waals surface area contributed by atoms with Gasteiger partial charge < -0.3 is 9.05 Å². The molecule has 3 heteroatoms. The fourth-order valence-corrected chi connectivity index (χ4v) is 6.09. The van der Waals surface area contributed by atoms with Crippen LogP contribution in [0.4, 0.5) is 0 Å². The maximum absolute atomic E-state index is 6.68. The predicted octanol–water partition coefficient (Wildman–Crippen LogP) is 6.99. The van der Waals surface area contributed by atoms with Crippen LogP contribution < -0.4 is 5.30 Å². The highest BCUT2D eigenvalue weighted by atomic mass is 31.2. The Labute approximate surface area is 165 Å². The van der Waals surface area contributed by atoms with Crippen molar-refractivity contribution in [2.24, 2.45) is 0 Å². The minimum atomic E-state index is -1.05. The van der Waals surface area contributed by atoms with E-state index in [1.54, 1.807) is 0 Å². The van der Waals surface area contributed by atoms with Gasteiger partial charge in [-0.1, -0.05) is 87.1 Å². The Morgan fingerprint density at radius 1 is 0.593 bits per heavy atom. The summed E-state index contributed by atoms with van der Waals surface area (Å²) in [6, 6.07) is 19.4. The van der Waals surface area contributed by atoms with Gasteiger partial charge in [-0.05, 0) is 42.9 Å². The maximum atomic E-state index is 6.68. The van der Waals surface area contributed by atoms with Gasteiger partial charge in [-0.15, -0.1) is 0 Å². The van der Waals surface area contributed by atoms with Crippen molar-refractivity contribution < 1.29 is 9.05 Å². The molecule has 2 fully saturated rings. The van der Waals surface area contributed by atoms with Gasteiger partial charge in [0.25, 0.3) is 0 Å². The lowest BCUT2D eigenvalue weighted by Crippen LogP contribution is -2.23. The van der Waals surface area contributed by atoms with Crippen molar-refractivity contribution in [1.29, 1.82) is 0 Å². The molecule has 0 radical (unpaired) electrons. The van der Waals surface area contributed by atoms with Crippen molar-refractivity contribution in [3.05, 3.63) is 54.6 Å². The molecule has 144 valence electrons. The summed E-state index contributed by atoms with van der Waals surface area (Å²) < 4.78 is 13.4. The van der Waals surface area contributed by atoms with Gasteiger partial charge in [-0.25, -0.2) is 0 Å². The number of hydrogen-bond acceptors (Lipinski definition) is 2. The van der Waals surface area contributed by atoms with Crippen LogP contribution in [0.25, 0.3) is 11.1 Å². The average molecular weight is 382 g/mol. The Bertz CT molecular complexity index is 671. The van der Waals surface area contributed by atoms with E-state index in [4.69, 9.17) is 9.05 Å². The van der Waals surface area contributed by atoms with E-state index < -0.39 is 8.38 Å². The molecule has 2 aromatic carbocycles. The van der Waals surface area contributed by atoms with Crippen LogP contribution in [0.3, 0.4) is 0 Å². The largest absolute Gasteiger partial charge is 0.327 e. The van der Waals surface area contributed by atoms with Gasteiger partial charge in [0.15, 0.2) is 0 Å². The zero-order chi connectivity index (χ0) is 18.3. The second-order valence-corrected chi connectivity index (χ2v) is 9.29. The second kappa shape index (κ2) is 9.82. The van der Waals surface area contributed by atoms with E-state index in [0.29, 0.717) is 12.2 Å². The normalized spacial score (nSPS) is 19.4. The summed E-state index contributed by atoms with van der Waals surface area (Å²) in [6.45, 7) is 0. The van der Waals surface area contributed by atoms with Crippen LogP contribution in [-0.2, 0) is 9.05 Å². The zero-order valence-electron chi connectivity index (χ0n) is 16.2. The standard InChI is InChI=1S/C24H31O2P/c1-4-12-20(13-5-1)23-18-10-11-19-24(23)27(25-21-14-6-2-7-15-21)26-22-16-8-3-9-17-22/h1,4-5,10-13,18-19,21-22H,2-3,6-9,14-17H2. The lowest BCUT2D eigenvalue weighted by atomic mass is 9.98. The number of rotatable bonds is 6. The highest BCUT2D eigenvalue weighted by Crippen LogP contribution is 2.46. The Hall–Kier alpha value is -1.21. The van der Waals surface area contributed by atoms with Crippen LogP contribution in [0.15, 0.2) is 54.6 Å². The molecule has 2 aromatic rings. The van der Waals surface area contributed by atoms with Crippen molar-refractivity contribution in [3.8, 4) is 11.1 Å². The zero-order valence-corrected chi connectivity index (χ0v) is 17.1. The van der Waals surface area contributed by atoms with Crippen molar-refractivity contribution in [2.75, 3.05) is 0 Å². The summed E-state index contributed by atoms with van der Waals surface area (Å²) in [4.78, 5) is 0. The van der Waals surface area contributed by atoms with Gasteiger partial charge in [0, 0.05) is 5.30 Å².